The van der Waals surface area contributed by atoms with Crippen LogP contribution in [0.25, 0.3) is 0 Å². The molecule has 1 nitrogen and oxygen atoms in total. The molecule has 0 aromatic carbocycles. The highest BCUT2D eigenvalue weighted by atomic mass is 16.5. The first-order valence-corrected chi connectivity index (χ1v) is 5.27. The fourth-order valence-corrected chi connectivity index (χ4v) is 3.13. The summed E-state index contributed by atoms with van der Waals surface area (Å²) in [5.74, 6) is 1.70. The molecule has 1 heteroatoms. The number of fused-ring (bicyclic) bond motifs is 1. The molecule has 0 N–H and O–H groups in total. The van der Waals surface area contributed by atoms with Crippen LogP contribution in [-0.2, 0) is 4.74 Å². The van der Waals surface area contributed by atoms with Crippen LogP contribution in [0.1, 0.15) is 40.0 Å². The first-order valence-electron chi connectivity index (χ1n) is 5.27. The summed E-state index contributed by atoms with van der Waals surface area (Å²) in [4.78, 5) is 0. The Kier molecular flexibility index (Phi) is 1.95. The third-order valence-electron chi connectivity index (χ3n) is 4.55. The zero-order chi connectivity index (χ0) is 8.77. The lowest BCUT2D eigenvalue weighted by atomic mass is 9.61. The van der Waals surface area contributed by atoms with Crippen LogP contribution in [0, 0.1) is 17.3 Å². The predicted molar refractivity (Wildman–Crippen MR) is 50.0 cm³/mol. The Morgan fingerprint density at radius 2 is 2.00 bits per heavy atom. The molecule has 1 saturated carbocycles. The van der Waals surface area contributed by atoms with Crippen molar-refractivity contribution in [3.05, 3.63) is 0 Å². The standard InChI is InChI=1S/C11H20O/c1-8-5-4-6-10-7-12-9(2)11(8,10)3/h8-10H,4-7H2,1-3H3. The molecule has 0 radical (unpaired) electrons. The molecule has 1 saturated heterocycles. The van der Waals surface area contributed by atoms with Gasteiger partial charge in [-0.2, -0.15) is 0 Å². The first kappa shape index (κ1) is 8.55. The lowest BCUT2D eigenvalue weighted by Gasteiger charge is -2.43. The van der Waals surface area contributed by atoms with E-state index in [0.717, 1.165) is 18.4 Å². The summed E-state index contributed by atoms with van der Waals surface area (Å²) < 4.78 is 5.77. The van der Waals surface area contributed by atoms with Crippen LogP contribution in [0.4, 0.5) is 0 Å². The van der Waals surface area contributed by atoms with Gasteiger partial charge < -0.3 is 4.74 Å². The SMILES string of the molecule is CC1CCCC2COC(C)C12C. The molecule has 0 spiro atoms. The zero-order valence-corrected chi connectivity index (χ0v) is 8.47. The lowest BCUT2D eigenvalue weighted by Crippen LogP contribution is -2.40. The number of ether oxygens (including phenoxy) is 1. The van der Waals surface area contributed by atoms with Gasteiger partial charge in [-0.3, -0.25) is 0 Å². The van der Waals surface area contributed by atoms with Crippen LogP contribution in [0.5, 0.6) is 0 Å². The Morgan fingerprint density at radius 1 is 1.25 bits per heavy atom. The molecule has 4 atom stereocenters. The third kappa shape index (κ3) is 0.953. The van der Waals surface area contributed by atoms with E-state index in [4.69, 9.17) is 4.74 Å². The summed E-state index contributed by atoms with van der Waals surface area (Å²) in [6.45, 7) is 8.10. The maximum absolute atomic E-state index is 5.77. The number of rotatable bonds is 0. The van der Waals surface area contributed by atoms with E-state index < -0.39 is 0 Å². The second-order valence-electron chi connectivity index (χ2n) is 4.87. The van der Waals surface area contributed by atoms with E-state index in [-0.39, 0.29) is 0 Å². The highest BCUT2D eigenvalue weighted by Gasteiger charge is 2.50. The van der Waals surface area contributed by atoms with E-state index in [0.29, 0.717) is 11.5 Å². The van der Waals surface area contributed by atoms with Gasteiger partial charge >= 0.3 is 0 Å². The van der Waals surface area contributed by atoms with Crippen LogP contribution in [-0.4, -0.2) is 12.7 Å². The summed E-state index contributed by atoms with van der Waals surface area (Å²) in [7, 11) is 0. The van der Waals surface area contributed by atoms with E-state index in [2.05, 4.69) is 20.8 Å². The minimum atomic E-state index is 0.484. The number of hydrogen-bond acceptors (Lipinski definition) is 1. The molecule has 1 aliphatic carbocycles. The van der Waals surface area contributed by atoms with Crippen molar-refractivity contribution in [2.24, 2.45) is 17.3 Å². The van der Waals surface area contributed by atoms with Crippen LogP contribution >= 0.6 is 0 Å². The van der Waals surface area contributed by atoms with Crippen LogP contribution in [0.3, 0.4) is 0 Å². The molecule has 70 valence electrons. The fraction of sp³-hybridized carbons (Fsp3) is 1.00. The van der Waals surface area contributed by atoms with Gasteiger partial charge in [0.1, 0.15) is 0 Å². The lowest BCUT2D eigenvalue weighted by molar-refractivity contribution is 0.0208. The molecule has 2 fully saturated rings. The molecule has 0 bridgehead atoms. The van der Waals surface area contributed by atoms with Crippen LogP contribution in [0.15, 0.2) is 0 Å². The molecule has 12 heavy (non-hydrogen) atoms. The summed E-state index contributed by atoms with van der Waals surface area (Å²) in [5, 5.41) is 0. The molecule has 1 heterocycles. The maximum Gasteiger partial charge on any atom is 0.0606 e. The van der Waals surface area contributed by atoms with Crippen molar-refractivity contribution >= 4 is 0 Å². The van der Waals surface area contributed by atoms with Crippen LogP contribution < -0.4 is 0 Å². The first-order chi connectivity index (χ1) is 5.65. The van der Waals surface area contributed by atoms with Crippen molar-refractivity contribution in [2.45, 2.75) is 46.1 Å². The Labute approximate surface area is 75.5 Å². The minimum Gasteiger partial charge on any atom is -0.378 e. The van der Waals surface area contributed by atoms with E-state index in [1.54, 1.807) is 0 Å². The zero-order valence-electron chi connectivity index (χ0n) is 8.47. The van der Waals surface area contributed by atoms with Gasteiger partial charge in [-0.1, -0.05) is 26.7 Å². The third-order valence-corrected chi connectivity index (χ3v) is 4.55. The number of hydrogen-bond donors (Lipinski definition) is 0. The molecule has 0 amide bonds. The van der Waals surface area contributed by atoms with Gasteiger partial charge in [0.25, 0.3) is 0 Å². The largest absolute Gasteiger partial charge is 0.378 e. The second kappa shape index (κ2) is 2.73. The second-order valence-corrected chi connectivity index (χ2v) is 4.87. The van der Waals surface area contributed by atoms with Gasteiger partial charge in [0.2, 0.25) is 0 Å². The minimum absolute atomic E-state index is 0.484. The summed E-state index contributed by atoms with van der Waals surface area (Å²) >= 11 is 0. The smallest absolute Gasteiger partial charge is 0.0606 e. The predicted octanol–water partition coefficient (Wildman–Crippen LogP) is 2.85. The summed E-state index contributed by atoms with van der Waals surface area (Å²) in [5.41, 5.74) is 0.484. The molecule has 2 aliphatic rings. The maximum atomic E-state index is 5.77. The monoisotopic (exact) mass is 168 g/mol. The van der Waals surface area contributed by atoms with E-state index >= 15 is 0 Å². The Morgan fingerprint density at radius 3 is 2.67 bits per heavy atom. The van der Waals surface area contributed by atoms with Crippen molar-refractivity contribution in [1.82, 2.24) is 0 Å². The van der Waals surface area contributed by atoms with Crippen molar-refractivity contribution in [2.75, 3.05) is 6.61 Å². The molecule has 0 aromatic rings. The molecule has 2 rings (SSSR count). The molecular formula is C11H20O. The Hall–Kier alpha value is -0.0400. The quantitative estimate of drug-likeness (QED) is 0.540. The average Bonchev–Trinajstić information content (AvgIpc) is 2.33. The van der Waals surface area contributed by atoms with Crippen LogP contribution in [0.2, 0.25) is 0 Å². The van der Waals surface area contributed by atoms with Gasteiger partial charge in [0, 0.05) is 5.41 Å². The van der Waals surface area contributed by atoms with Crippen molar-refractivity contribution < 1.29 is 4.74 Å². The van der Waals surface area contributed by atoms with Gasteiger partial charge in [-0.25, -0.2) is 0 Å². The summed E-state index contributed by atoms with van der Waals surface area (Å²) in [6.07, 6.45) is 4.70. The van der Waals surface area contributed by atoms with Gasteiger partial charge in [-0.15, -0.1) is 0 Å². The fourth-order valence-electron chi connectivity index (χ4n) is 3.13. The van der Waals surface area contributed by atoms with Crippen molar-refractivity contribution in [1.29, 1.82) is 0 Å². The molecular weight excluding hydrogens is 148 g/mol. The highest BCUT2D eigenvalue weighted by molar-refractivity contribution is 4.98. The van der Waals surface area contributed by atoms with E-state index in [1.165, 1.54) is 19.3 Å². The molecule has 0 aromatic heterocycles. The van der Waals surface area contributed by atoms with E-state index in [1.807, 2.05) is 0 Å². The summed E-state index contributed by atoms with van der Waals surface area (Å²) in [6, 6.07) is 0. The van der Waals surface area contributed by atoms with Crippen molar-refractivity contribution in [3.8, 4) is 0 Å². The Balaban J connectivity index is 2.24. The van der Waals surface area contributed by atoms with Gasteiger partial charge in [-0.05, 0) is 25.2 Å². The topological polar surface area (TPSA) is 9.23 Å². The highest BCUT2D eigenvalue weighted by Crippen LogP contribution is 2.52. The van der Waals surface area contributed by atoms with E-state index in [9.17, 15) is 0 Å². The molecule has 4 unspecified atom stereocenters. The van der Waals surface area contributed by atoms with Crippen molar-refractivity contribution in [3.63, 3.8) is 0 Å². The normalized spacial score (nSPS) is 53.8. The Bertz CT molecular complexity index is 176. The van der Waals surface area contributed by atoms with Gasteiger partial charge in [0.15, 0.2) is 0 Å². The average molecular weight is 168 g/mol. The van der Waals surface area contributed by atoms with Gasteiger partial charge in [0.05, 0.1) is 12.7 Å². The molecule has 1 aliphatic heterocycles.